The molecule has 0 spiro atoms. The molecule has 23 heteroatoms. The van der Waals surface area contributed by atoms with Gasteiger partial charge in [0.1, 0.15) is 18.4 Å². The van der Waals surface area contributed by atoms with Crippen LogP contribution in [0.25, 0.3) is 0 Å². The maximum Gasteiger partial charge on any atom is 0.490 e. The Hall–Kier alpha value is -0.840. The lowest BCUT2D eigenvalue weighted by Gasteiger charge is -2.21. The Morgan fingerprint density at radius 1 is 1.03 bits per heavy atom. The summed E-state index contributed by atoms with van der Waals surface area (Å²) in [5.74, 6) is 0. The molecule has 1 aliphatic heterocycles. The van der Waals surface area contributed by atoms with Gasteiger partial charge in [-0.25, -0.2) is 23.1 Å². The molecule has 1 fully saturated rings. The van der Waals surface area contributed by atoms with E-state index in [1.807, 2.05) is 4.98 Å². The van der Waals surface area contributed by atoms with Crippen LogP contribution in [0.3, 0.4) is 0 Å². The Morgan fingerprint density at radius 2 is 1.64 bits per heavy atom. The third-order valence-electron chi connectivity index (χ3n) is 3.73. The molecule has 19 nitrogen and oxygen atoms in total. The van der Waals surface area contributed by atoms with Crippen LogP contribution in [-0.4, -0.2) is 57.7 Å². The fraction of sp³-hybridized carbons (Fsp3) is 0.600. The maximum atomic E-state index is 12.0. The van der Waals surface area contributed by atoms with E-state index in [0.717, 1.165) is 10.8 Å². The number of nitrogens with one attached hydrogen (secondary N) is 1. The Kier molecular flexibility index (Phi) is 8.63. The van der Waals surface area contributed by atoms with Crippen LogP contribution in [0, 0.1) is 6.92 Å². The van der Waals surface area contributed by atoms with Crippen molar-refractivity contribution in [2.45, 2.75) is 31.8 Å². The van der Waals surface area contributed by atoms with Crippen molar-refractivity contribution in [3.63, 3.8) is 0 Å². The maximum absolute atomic E-state index is 12.0. The minimum atomic E-state index is -5.80. The number of aromatic amines is 1. The second-order valence-corrected chi connectivity index (χ2v) is 12.0. The number of hydrogen-bond acceptors (Lipinski definition) is 11. The smallest absolute Gasteiger partial charge is 0.349 e. The number of ether oxygens (including phenoxy) is 1. The summed E-state index contributed by atoms with van der Waals surface area (Å²) >= 11 is 0. The standard InChI is InChI=1S/C10H18N2O17P4/c1-5-3-12(10(14)11-9(5)13)8-2-6(27-30(15,16)17)7(26-8)4-25-32(21,22)29-33(23,24)28-31(18,19)20/h3,6-8H,2,4H2,1H3,(H,21,22)(H,23,24)(H,11,13,14)(H2,15,16,17)(H2,18,19,20)/t6-,7+,8+/m0/s1. The van der Waals surface area contributed by atoms with Crippen LogP contribution in [0.4, 0.5) is 0 Å². The number of aryl methyl sites for hydroxylation is 1. The molecule has 0 saturated carbocycles. The van der Waals surface area contributed by atoms with E-state index in [-0.39, 0.29) is 5.56 Å². The Morgan fingerprint density at radius 3 is 2.18 bits per heavy atom. The SMILES string of the molecule is Cc1cn([C@H]2C[C@H](OP(=O)(O)O)[C@@H](COP(=O)(O)OP(=O)(O)OP(=O)(O)O)O2)c(=O)[nH]c1=O. The number of rotatable bonds is 10. The number of phosphoric ester groups is 2. The van der Waals surface area contributed by atoms with Crippen molar-refractivity contribution in [3.8, 4) is 0 Å². The first-order valence-electron chi connectivity index (χ1n) is 8.27. The van der Waals surface area contributed by atoms with Gasteiger partial charge in [-0.3, -0.25) is 23.4 Å². The summed E-state index contributed by atoms with van der Waals surface area (Å²) in [6.45, 7) is 0.252. The molecular formula is C10H18N2O17P4. The molecule has 1 aromatic rings. The van der Waals surface area contributed by atoms with Gasteiger partial charge in [0.2, 0.25) is 0 Å². The van der Waals surface area contributed by atoms with Crippen molar-refractivity contribution in [2.24, 2.45) is 0 Å². The van der Waals surface area contributed by atoms with E-state index < -0.39 is 74.0 Å². The van der Waals surface area contributed by atoms with Gasteiger partial charge in [0.05, 0.1) is 6.61 Å². The minimum Gasteiger partial charge on any atom is -0.349 e. The number of aromatic nitrogens is 2. The lowest BCUT2D eigenvalue weighted by Crippen LogP contribution is -2.33. The van der Waals surface area contributed by atoms with E-state index >= 15 is 0 Å². The van der Waals surface area contributed by atoms with Crippen LogP contribution < -0.4 is 11.2 Å². The first-order valence-corrected chi connectivity index (χ1v) is 14.3. The molecule has 1 aromatic heterocycles. The normalized spacial score (nSPS) is 25.5. The van der Waals surface area contributed by atoms with Gasteiger partial charge >= 0.3 is 37.0 Å². The summed E-state index contributed by atoms with van der Waals surface area (Å²) in [4.78, 5) is 79.3. The van der Waals surface area contributed by atoms with Crippen molar-refractivity contribution in [2.75, 3.05) is 6.61 Å². The van der Waals surface area contributed by atoms with Gasteiger partial charge in [0.15, 0.2) is 0 Å². The summed E-state index contributed by atoms with van der Waals surface area (Å²) in [7, 11) is -22.1. The van der Waals surface area contributed by atoms with Gasteiger partial charge < -0.3 is 34.1 Å². The molecule has 0 aromatic carbocycles. The lowest BCUT2D eigenvalue weighted by atomic mass is 10.2. The van der Waals surface area contributed by atoms with Gasteiger partial charge in [0.25, 0.3) is 5.56 Å². The highest BCUT2D eigenvalue weighted by molar-refractivity contribution is 7.66. The first kappa shape index (κ1) is 28.4. The molecule has 5 atom stereocenters. The summed E-state index contributed by atoms with van der Waals surface area (Å²) < 4.78 is 67.3. The zero-order chi connectivity index (χ0) is 25.4. The summed E-state index contributed by atoms with van der Waals surface area (Å²) in [6.07, 6.45) is -3.82. The molecule has 2 unspecified atom stereocenters. The number of phosphoric acid groups is 4. The molecule has 2 rings (SSSR count). The highest BCUT2D eigenvalue weighted by atomic mass is 31.3. The van der Waals surface area contributed by atoms with E-state index in [0.29, 0.717) is 0 Å². The van der Waals surface area contributed by atoms with Gasteiger partial charge in [-0.15, -0.1) is 0 Å². The molecule has 190 valence electrons. The van der Waals surface area contributed by atoms with Crippen LogP contribution >= 0.6 is 31.3 Å². The first-order chi connectivity index (χ1) is 14.8. The van der Waals surface area contributed by atoms with Crippen LogP contribution in [-0.2, 0) is 40.7 Å². The van der Waals surface area contributed by atoms with Crippen molar-refractivity contribution in [1.82, 2.24) is 9.55 Å². The summed E-state index contributed by atoms with van der Waals surface area (Å²) in [6, 6.07) is 0. The number of hydrogen-bond donors (Lipinski definition) is 7. The predicted octanol–water partition coefficient (Wildman–Crippen LogP) is -1.05. The molecule has 0 radical (unpaired) electrons. The van der Waals surface area contributed by atoms with Crippen molar-refractivity contribution in [1.29, 1.82) is 0 Å². The Balaban J connectivity index is 2.19. The fourth-order valence-electron chi connectivity index (χ4n) is 2.58. The zero-order valence-electron chi connectivity index (χ0n) is 16.1. The second kappa shape index (κ2) is 10.0. The third kappa shape index (κ3) is 9.03. The third-order valence-corrected chi connectivity index (χ3v) is 8.08. The summed E-state index contributed by atoms with van der Waals surface area (Å²) in [5, 5.41) is 0. The molecule has 1 saturated heterocycles. The van der Waals surface area contributed by atoms with E-state index in [1.54, 1.807) is 0 Å². The van der Waals surface area contributed by atoms with Crippen LogP contribution in [0.15, 0.2) is 15.8 Å². The van der Waals surface area contributed by atoms with Gasteiger partial charge in [0, 0.05) is 18.2 Å². The molecule has 0 aliphatic carbocycles. The zero-order valence-corrected chi connectivity index (χ0v) is 19.7. The summed E-state index contributed by atoms with van der Waals surface area (Å²) in [5.41, 5.74) is -1.59. The van der Waals surface area contributed by atoms with Gasteiger partial charge in [-0.1, -0.05) is 0 Å². The average molecular weight is 562 g/mol. The number of H-pyrrole nitrogens is 1. The molecule has 2 heterocycles. The molecule has 7 N–H and O–H groups in total. The van der Waals surface area contributed by atoms with E-state index in [9.17, 15) is 32.7 Å². The lowest BCUT2D eigenvalue weighted by molar-refractivity contribution is -0.0443. The topological polar surface area (TPSA) is 291 Å². The second-order valence-electron chi connectivity index (χ2n) is 6.36. The highest BCUT2D eigenvalue weighted by Crippen LogP contribution is 2.66. The molecule has 1 aliphatic rings. The quantitative estimate of drug-likeness (QED) is 0.167. The minimum absolute atomic E-state index is 0.0716. The van der Waals surface area contributed by atoms with Gasteiger partial charge in [-0.2, -0.15) is 8.62 Å². The monoisotopic (exact) mass is 562 g/mol. The van der Waals surface area contributed by atoms with E-state index in [2.05, 4.69) is 17.7 Å². The van der Waals surface area contributed by atoms with Crippen LogP contribution in [0.2, 0.25) is 0 Å². The molecule has 33 heavy (non-hydrogen) atoms. The van der Waals surface area contributed by atoms with Crippen molar-refractivity contribution in [3.05, 3.63) is 32.6 Å². The Labute approximate surface area is 182 Å². The van der Waals surface area contributed by atoms with Crippen molar-refractivity contribution < 1.29 is 70.0 Å². The molecule has 0 bridgehead atoms. The molecule has 0 amide bonds. The van der Waals surface area contributed by atoms with E-state index in [4.69, 9.17) is 29.2 Å². The van der Waals surface area contributed by atoms with Crippen LogP contribution in [0.5, 0.6) is 0 Å². The fourth-order valence-corrected chi connectivity index (χ4v) is 6.18. The average Bonchev–Trinajstić information content (AvgIpc) is 2.93. The molecular weight excluding hydrogens is 544 g/mol. The largest absolute Gasteiger partial charge is 0.490 e. The van der Waals surface area contributed by atoms with E-state index in [1.165, 1.54) is 6.92 Å². The van der Waals surface area contributed by atoms with Gasteiger partial charge in [-0.05, 0) is 6.92 Å². The van der Waals surface area contributed by atoms with Crippen LogP contribution in [0.1, 0.15) is 18.2 Å². The number of nitrogens with zero attached hydrogens (tertiary/aromatic N) is 1. The highest BCUT2D eigenvalue weighted by Gasteiger charge is 2.45. The van der Waals surface area contributed by atoms with Crippen molar-refractivity contribution >= 4 is 31.3 Å². The predicted molar refractivity (Wildman–Crippen MR) is 101 cm³/mol. The Bertz CT molecular complexity index is 1180.